The molecule has 0 fully saturated rings. The topological polar surface area (TPSA) is 20.2 Å². The van der Waals surface area contributed by atoms with Crippen LogP contribution in [0.15, 0.2) is 23.6 Å². The standard InChI is InChI=1S/C8H10F2O/c1-5-3-4-8(2,11)7(10)6(5)9/h3-4,7,11H,1-2H3. The molecule has 0 aromatic heterocycles. The highest BCUT2D eigenvalue weighted by molar-refractivity contribution is 5.32. The lowest BCUT2D eigenvalue weighted by molar-refractivity contribution is 0.0278. The maximum absolute atomic E-state index is 12.9. The molecule has 1 nitrogen and oxygen atoms in total. The molecule has 0 saturated heterocycles. The lowest BCUT2D eigenvalue weighted by atomic mass is 9.92. The monoisotopic (exact) mass is 160 g/mol. The lowest BCUT2D eigenvalue weighted by Crippen LogP contribution is -2.36. The number of rotatable bonds is 0. The van der Waals surface area contributed by atoms with Gasteiger partial charge in [-0.2, -0.15) is 0 Å². The van der Waals surface area contributed by atoms with Gasteiger partial charge in [0, 0.05) is 0 Å². The molecule has 1 aliphatic rings. The summed E-state index contributed by atoms with van der Waals surface area (Å²) < 4.78 is 25.6. The predicted molar refractivity (Wildman–Crippen MR) is 38.5 cm³/mol. The second-order valence-corrected chi connectivity index (χ2v) is 2.95. The zero-order valence-corrected chi connectivity index (χ0v) is 6.44. The Morgan fingerprint density at radius 1 is 1.64 bits per heavy atom. The van der Waals surface area contributed by atoms with E-state index < -0.39 is 17.6 Å². The van der Waals surface area contributed by atoms with E-state index in [4.69, 9.17) is 0 Å². The first-order chi connectivity index (χ1) is 4.95. The zero-order chi connectivity index (χ0) is 8.65. The molecule has 1 rings (SSSR count). The van der Waals surface area contributed by atoms with Crippen molar-refractivity contribution in [3.63, 3.8) is 0 Å². The predicted octanol–water partition coefficient (Wildman–Crippen LogP) is 1.89. The Kier molecular flexibility index (Phi) is 1.84. The van der Waals surface area contributed by atoms with Gasteiger partial charge in [0.25, 0.3) is 0 Å². The zero-order valence-electron chi connectivity index (χ0n) is 6.44. The summed E-state index contributed by atoms with van der Waals surface area (Å²) in [4.78, 5) is 0. The van der Waals surface area contributed by atoms with Crippen molar-refractivity contribution in [2.24, 2.45) is 0 Å². The third-order valence-electron chi connectivity index (χ3n) is 1.78. The van der Waals surface area contributed by atoms with Crippen LogP contribution < -0.4 is 0 Å². The van der Waals surface area contributed by atoms with Crippen molar-refractivity contribution in [2.45, 2.75) is 25.6 Å². The van der Waals surface area contributed by atoms with Crippen LogP contribution in [0.3, 0.4) is 0 Å². The van der Waals surface area contributed by atoms with Crippen LogP contribution in [0.25, 0.3) is 0 Å². The minimum atomic E-state index is -1.92. The van der Waals surface area contributed by atoms with Crippen LogP contribution in [-0.4, -0.2) is 16.9 Å². The number of hydrogen-bond acceptors (Lipinski definition) is 1. The molecule has 62 valence electrons. The van der Waals surface area contributed by atoms with Gasteiger partial charge >= 0.3 is 0 Å². The van der Waals surface area contributed by atoms with Gasteiger partial charge in [-0.05, 0) is 25.5 Å². The fraction of sp³-hybridized carbons (Fsp3) is 0.500. The van der Waals surface area contributed by atoms with E-state index in [1.807, 2.05) is 0 Å². The molecule has 0 saturated carbocycles. The van der Waals surface area contributed by atoms with Gasteiger partial charge in [0.2, 0.25) is 0 Å². The summed E-state index contributed by atoms with van der Waals surface area (Å²) in [5.41, 5.74) is -1.45. The summed E-state index contributed by atoms with van der Waals surface area (Å²) in [5, 5.41) is 9.20. The molecule has 2 atom stereocenters. The van der Waals surface area contributed by atoms with E-state index in [2.05, 4.69) is 0 Å². The van der Waals surface area contributed by atoms with Gasteiger partial charge < -0.3 is 5.11 Å². The largest absolute Gasteiger partial charge is 0.383 e. The average molecular weight is 160 g/mol. The smallest absolute Gasteiger partial charge is 0.183 e. The molecule has 0 aromatic rings. The van der Waals surface area contributed by atoms with Crippen molar-refractivity contribution >= 4 is 0 Å². The van der Waals surface area contributed by atoms with Crippen LogP contribution in [0.1, 0.15) is 13.8 Å². The minimum absolute atomic E-state index is 0.240. The number of halogens is 2. The van der Waals surface area contributed by atoms with Crippen LogP contribution in [0.2, 0.25) is 0 Å². The molecule has 1 aliphatic carbocycles. The highest BCUT2D eigenvalue weighted by Gasteiger charge is 2.36. The Hall–Kier alpha value is -0.700. The van der Waals surface area contributed by atoms with Gasteiger partial charge in [-0.3, -0.25) is 0 Å². The fourth-order valence-corrected chi connectivity index (χ4v) is 0.914. The van der Waals surface area contributed by atoms with Crippen molar-refractivity contribution in [1.82, 2.24) is 0 Å². The van der Waals surface area contributed by atoms with Crippen molar-refractivity contribution in [3.05, 3.63) is 23.6 Å². The van der Waals surface area contributed by atoms with Gasteiger partial charge in [-0.1, -0.05) is 6.08 Å². The molecule has 0 spiro atoms. The Morgan fingerprint density at radius 3 is 2.64 bits per heavy atom. The molecule has 3 heteroatoms. The third-order valence-corrected chi connectivity index (χ3v) is 1.78. The molecule has 11 heavy (non-hydrogen) atoms. The molecule has 0 aromatic carbocycles. The van der Waals surface area contributed by atoms with Crippen LogP contribution in [0.5, 0.6) is 0 Å². The van der Waals surface area contributed by atoms with E-state index in [9.17, 15) is 13.9 Å². The van der Waals surface area contributed by atoms with Crippen LogP contribution in [0.4, 0.5) is 8.78 Å². The Labute approximate surface area is 64.0 Å². The van der Waals surface area contributed by atoms with Gasteiger partial charge in [-0.25, -0.2) is 8.78 Å². The second-order valence-electron chi connectivity index (χ2n) is 2.95. The Bertz CT molecular complexity index is 228. The molecule has 0 heterocycles. The molecule has 0 radical (unpaired) electrons. The summed E-state index contributed by atoms with van der Waals surface area (Å²) >= 11 is 0. The number of hydrogen-bond donors (Lipinski definition) is 1. The molecular weight excluding hydrogens is 150 g/mol. The molecule has 0 amide bonds. The first kappa shape index (κ1) is 8.40. The highest BCUT2D eigenvalue weighted by atomic mass is 19.2. The van der Waals surface area contributed by atoms with Gasteiger partial charge in [-0.15, -0.1) is 0 Å². The van der Waals surface area contributed by atoms with Crippen molar-refractivity contribution in [2.75, 3.05) is 0 Å². The lowest BCUT2D eigenvalue weighted by Gasteiger charge is -2.26. The van der Waals surface area contributed by atoms with Crippen molar-refractivity contribution in [3.8, 4) is 0 Å². The normalized spacial score (nSPS) is 38.1. The van der Waals surface area contributed by atoms with Crippen LogP contribution >= 0.6 is 0 Å². The second kappa shape index (κ2) is 2.41. The van der Waals surface area contributed by atoms with Gasteiger partial charge in [0.1, 0.15) is 11.4 Å². The SMILES string of the molecule is CC1=C(F)C(F)C(C)(O)C=C1. The van der Waals surface area contributed by atoms with E-state index in [1.165, 1.54) is 26.0 Å². The van der Waals surface area contributed by atoms with E-state index >= 15 is 0 Å². The first-order valence-electron chi connectivity index (χ1n) is 3.37. The number of alkyl halides is 1. The third kappa shape index (κ3) is 1.33. The Balaban J connectivity index is 3.01. The van der Waals surface area contributed by atoms with Gasteiger partial charge in [0.15, 0.2) is 6.17 Å². The van der Waals surface area contributed by atoms with Crippen molar-refractivity contribution in [1.29, 1.82) is 0 Å². The summed E-state index contributed by atoms with van der Waals surface area (Å²) in [7, 11) is 0. The number of allylic oxidation sites excluding steroid dienone is 2. The van der Waals surface area contributed by atoms with E-state index in [0.29, 0.717) is 0 Å². The summed E-state index contributed by atoms with van der Waals surface area (Å²) in [6.45, 7) is 2.70. The quantitative estimate of drug-likeness (QED) is 0.573. The molecular formula is C8H10F2O. The van der Waals surface area contributed by atoms with Crippen molar-refractivity contribution < 1.29 is 13.9 Å². The Morgan fingerprint density at radius 2 is 2.18 bits per heavy atom. The maximum atomic E-state index is 12.9. The molecule has 0 aliphatic heterocycles. The minimum Gasteiger partial charge on any atom is -0.383 e. The van der Waals surface area contributed by atoms with E-state index in [1.54, 1.807) is 0 Å². The summed E-state index contributed by atoms with van der Waals surface area (Å²) in [5.74, 6) is -0.877. The molecule has 2 unspecified atom stereocenters. The van der Waals surface area contributed by atoms with E-state index in [0.717, 1.165) is 0 Å². The molecule has 1 N–H and O–H groups in total. The first-order valence-corrected chi connectivity index (χ1v) is 3.37. The number of aliphatic hydroxyl groups is 1. The van der Waals surface area contributed by atoms with E-state index in [-0.39, 0.29) is 5.57 Å². The van der Waals surface area contributed by atoms with Crippen LogP contribution in [0, 0.1) is 0 Å². The molecule has 0 bridgehead atoms. The average Bonchev–Trinajstić information content (AvgIpc) is 1.95. The fourth-order valence-electron chi connectivity index (χ4n) is 0.914. The highest BCUT2D eigenvalue weighted by Crippen LogP contribution is 2.30. The maximum Gasteiger partial charge on any atom is 0.183 e. The van der Waals surface area contributed by atoms with Crippen LogP contribution in [-0.2, 0) is 0 Å². The summed E-state index contributed by atoms with van der Waals surface area (Å²) in [6, 6.07) is 0. The summed E-state index contributed by atoms with van der Waals surface area (Å²) in [6.07, 6.45) is 0.717. The van der Waals surface area contributed by atoms with Gasteiger partial charge in [0.05, 0.1) is 0 Å².